The molecule has 2 amide bonds. The third kappa shape index (κ3) is 5.50. The van der Waals surface area contributed by atoms with Crippen LogP contribution in [0.5, 0.6) is 5.75 Å². The summed E-state index contributed by atoms with van der Waals surface area (Å²) in [7, 11) is 0. The van der Waals surface area contributed by atoms with Crippen molar-refractivity contribution >= 4 is 23.2 Å². The van der Waals surface area contributed by atoms with Gasteiger partial charge in [0.15, 0.2) is 6.61 Å². The monoisotopic (exact) mass is 395 g/mol. The molecule has 6 nitrogen and oxygen atoms in total. The molecule has 2 aromatic carbocycles. The number of carbonyl (C=O) groups excluding carboxylic acids is 2. The molecule has 0 aliphatic carbocycles. The molecule has 2 aromatic rings. The maximum Gasteiger partial charge on any atom is 0.262 e. The van der Waals surface area contributed by atoms with Crippen LogP contribution in [0.1, 0.15) is 19.4 Å². The normalized spacial score (nSPS) is 14.1. The minimum Gasteiger partial charge on any atom is -0.483 e. The fraction of sp³-hybridized carbons (Fsp3) is 0.391. The first kappa shape index (κ1) is 20.7. The van der Waals surface area contributed by atoms with E-state index in [0.717, 1.165) is 43.1 Å². The van der Waals surface area contributed by atoms with Gasteiger partial charge in [-0.3, -0.25) is 9.59 Å². The van der Waals surface area contributed by atoms with E-state index in [9.17, 15) is 9.59 Å². The molecule has 0 bridgehead atoms. The van der Waals surface area contributed by atoms with Crippen LogP contribution in [0.15, 0.2) is 48.5 Å². The first-order valence-electron chi connectivity index (χ1n) is 10.1. The SMILES string of the molecule is Cc1ccccc1OCC(=O)Nc1ccc(N2CCN(C(=O)C(C)C)CC2)cc1. The molecule has 6 heteroatoms. The summed E-state index contributed by atoms with van der Waals surface area (Å²) in [6.45, 7) is 8.91. The maximum atomic E-state index is 12.2. The zero-order valence-corrected chi connectivity index (χ0v) is 17.4. The average molecular weight is 396 g/mol. The van der Waals surface area contributed by atoms with Gasteiger partial charge in [-0.2, -0.15) is 0 Å². The largest absolute Gasteiger partial charge is 0.483 e. The van der Waals surface area contributed by atoms with Crippen molar-refractivity contribution in [2.24, 2.45) is 5.92 Å². The summed E-state index contributed by atoms with van der Waals surface area (Å²) in [5, 5.41) is 2.86. The zero-order chi connectivity index (χ0) is 20.8. The summed E-state index contributed by atoms with van der Waals surface area (Å²) in [6.07, 6.45) is 0. The average Bonchev–Trinajstić information content (AvgIpc) is 2.73. The van der Waals surface area contributed by atoms with Crippen molar-refractivity contribution in [3.63, 3.8) is 0 Å². The lowest BCUT2D eigenvalue weighted by molar-refractivity contribution is -0.134. The van der Waals surface area contributed by atoms with Crippen LogP contribution in [-0.2, 0) is 9.59 Å². The van der Waals surface area contributed by atoms with E-state index in [1.54, 1.807) is 0 Å². The fourth-order valence-corrected chi connectivity index (χ4v) is 3.36. The number of nitrogens with zero attached hydrogens (tertiary/aromatic N) is 2. The number of para-hydroxylation sites is 1. The molecular formula is C23H29N3O3. The lowest BCUT2D eigenvalue weighted by Gasteiger charge is -2.37. The molecule has 154 valence electrons. The number of piperazine rings is 1. The van der Waals surface area contributed by atoms with Crippen LogP contribution in [-0.4, -0.2) is 49.5 Å². The highest BCUT2D eigenvalue weighted by atomic mass is 16.5. The molecule has 0 spiro atoms. The molecule has 1 fully saturated rings. The molecule has 0 aromatic heterocycles. The molecule has 1 saturated heterocycles. The molecule has 3 rings (SSSR count). The Balaban J connectivity index is 1.48. The lowest BCUT2D eigenvalue weighted by Crippen LogP contribution is -2.49. The Labute approximate surface area is 172 Å². The lowest BCUT2D eigenvalue weighted by atomic mass is 10.1. The highest BCUT2D eigenvalue weighted by Crippen LogP contribution is 2.20. The molecule has 0 radical (unpaired) electrons. The smallest absolute Gasteiger partial charge is 0.262 e. The Morgan fingerprint density at radius 2 is 1.66 bits per heavy atom. The zero-order valence-electron chi connectivity index (χ0n) is 17.4. The fourth-order valence-electron chi connectivity index (χ4n) is 3.36. The van der Waals surface area contributed by atoms with Gasteiger partial charge in [0.1, 0.15) is 5.75 Å². The summed E-state index contributed by atoms with van der Waals surface area (Å²) in [5.74, 6) is 0.782. The summed E-state index contributed by atoms with van der Waals surface area (Å²) in [4.78, 5) is 28.5. The van der Waals surface area contributed by atoms with Gasteiger partial charge in [0.2, 0.25) is 5.91 Å². The predicted molar refractivity (Wildman–Crippen MR) is 115 cm³/mol. The number of anilines is 2. The standard InChI is InChI=1S/C23H29N3O3/c1-17(2)23(28)26-14-12-25(13-15-26)20-10-8-19(9-11-20)24-22(27)16-29-21-7-5-4-6-18(21)3/h4-11,17H,12-16H2,1-3H3,(H,24,27). The second-order valence-corrected chi connectivity index (χ2v) is 7.62. The molecule has 29 heavy (non-hydrogen) atoms. The van der Waals surface area contributed by atoms with Gasteiger partial charge in [0.25, 0.3) is 5.91 Å². The molecule has 1 heterocycles. The Hall–Kier alpha value is -3.02. The minimum atomic E-state index is -0.193. The molecule has 1 aliphatic rings. The molecule has 1 aliphatic heterocycles. The van der Waals surface area contributed by atoms with Crippen molar-refractivity contribution in [2.75, 3.05) is 43.0 Å². The number of hydrogen-bond acceptors (Lipinski definition) is 4. The van der Waals surface area contributed by atoms with E-state index in [1.165, 1.54) is 0 Å². The van der Waals surface area contributed by atoms with Gasteiger partial charge in [0.05, 0.1) is 0 Å². The topological polar surface area (TPSA) is 61.9 Å². The Bertz CT molecular complexity index is 841. The third-order valence-corrected chi connectivity index (χ3v) is 5.05. The quantitative estimate of drug-likeness (QED) is 0.815. The van der Waals surface area contributed by atoms with Gasteiger partial charge in [-0.05, 0) is 42.8 Å². The van der Waals surface area contributed by atoms with Crippen molar-refractivity contribution in [1.82, 2.24) is 4.90 Å². The van der Waals surface area contributed by atoms with Crippen LogP contribution in [0.3, 0.4) is 0 Å². The van der Waals surface area contributed by atoms with Gasteiger partial charge in [0, 0.05) is 43.5 Å². The van der Waals surface area contributed by atoms with Crippen LogP contribution in [0.4, 0.5) is 11.4 Å². The molecular weight excluding hydrogens is 366 g/mol. The van der Waals surface area contributed by atoms with Crippen LogP contribution in [0.25, 0.3) is 0 Å². The van der Waals surface area contributed by atoms with E-state index in [2.05, 4.69) is 10.2 Å². The predicted octanol–water partition coefficient (Wildman–Crippen LogP) is 3.32. The second kappa shape index (κ2) is 9.45. The second-order valence-electron chi connectivity index (χ2n) is 7.62. The number of nitrogens with one attached hydrogen (secondary N) is 1. The summed E-state index contributed by atoms with van der Waals surface area (Å²) >= 11 is 0. The van der Waals surface area contributed by atoms with Crippen molar-refractivity contribution < 1.29 is 14.3 Å². The van der Waals surface area contributed by atoms with Crippen LogP contribution in [0.2, 0.25) is 0 Å². The number of benzene rings is 2. The number of ether oxygens (including phenoxy) is 1. The van der Waals surface area contributed by atoms with Crippen LogP contribution < -0.4 is 15.0 Å². The van der Waals surface area contributed by atoms with E-state index >= 15 is 0 Å². The Morgan fingerprint density at radius 3 is 2.28 bits per heavy atom. The maximum absolute atomic E-state index is 12.2. The first-order chi connectivity index (χ1) is 13.9. The first-order valence-corrected chi connectivity index (χ1v) is 10.1. The molecule has 0 saturated carbocycles. The minimum absolute atomic E-state index is 0.0293. The number of carbonyl (C=O) groups is 2. The number of rotatable bonds is 6. The van der Waals surface area contributed by atoms with Gasteiger partial charge >= 0.3 is 0 Å². The molecule has 1 N–H and O–H groups in total. The van der Waals surface area contributed by atoms with E-state index in [4.69, 9.17) is 4.74 Å². The Kier molecular flexibility index (Phi) is 6.75. The molecule has 0 unspecified atom stereocenters. The van der Waals surface area contributed by atoms with Crippen molar-refractivity contribution in [2.45, 2.75) is 20.8 Å². The van der Waals surface area contributed by atoms with Crippen LogP contribution >= 0.6 is 0 Å². The molecule has 0 atom stereocenters. The third-order valence-electron chi connectivity index (χ3n) is 5.05. The van der Waals surface area contributed by atoms with Crippen molar-refractivity contribution in [3.05, 3.63) is 54.1 Å². The number of aryl methyl sites for hydroxylation is 1. The van der Waals surface area contributed by atoms with Gasteiger partial charge in [-0.25, -0.2) is 0 Å². The Morgan fingerprint density at radius 1 is 1.00 bits per heavy atom. The summed E-state index contributed by atoms with van der Waals surface area (Å²) in [6, 6.07) is 15.4. The summed E-state index contributed by atoms with van der Waals surface area (Å²) < 4.78 is 5.58. The van der Waals surface area contributed by atoms with E-state index in [0.29, 0.717) is 5.75 Å². The van der Waals surface area contributed by atoms with Gasteiger partial charge < -0.3 is 19.9 Å². The van der Waals surface area contributed by atoms with E-state index in [1.807, 2.05) is 74.2 Å². The van der Waals surface area contributed by atoms with Gasteiger partial charge in [-0.1, -0.05) is 32.0 Å². The van der Waals surface area contributed by atoms with Crippen molar-refractivity contribution in [1.29, 1.82) is 0 Å². The highest BCUT2D eigenvalue weighted by Gasteiger charge is 2.22. The number of amides is 2. The van der Waals surface area contributed by atoms with Gasteiger partial charge in [-0.15, -0.1) is 0 Å². The van der Waals surface area contributed by atoms with Crippen molar-refractivity contribution in [3.8, 4) is 5.75 Å². The summed E-state index contributed by atoms with van der Waals surface area (Å²) in [5.41, 5.74) is 2.83. The van der Waals surface area contributed by atoms with E-state index < -0.39 is 0 Å². The van der Waals surface area contributed by atoms with E-state index in [-0.39, 0.29) is 24.3 Å². The number of hydrogen-bond donors (Lipinski definition) is 1. The highest BCUT2D eigenvalue weighted by molar-refractivity contribution is 5.92. The van der Waals surface area contributed by atoms with Crippen LogP contribution in [0, 0.1) is 12.8 Å².